The van der Waals surface area contributed by atoms with Crippen molar-refractivity contribution in [3.63, 3.8) is 0 Å². The molecule has 0 spiro atoms. The number of hydrogen-bond donors (Lipinski definition) is 2. The Bertz CT molecular complexity index is 587. The molecule has 0 aliphatic rings. The smallest absolute Gasteiger partial charge is 0.293 e. The number of nitro benzene ring substituents is 1. The van der Waals surface area contributed by atoms with Crippen molar-refractivity contribution in [1.82, 2.24) is 0 Å². The van der Waals surface area contributed by atoms with Crippen LogP contribution in [0.1, 0.15) is 11.1 Å². The van der Waals surface area contributed by atoms with Crippen LogP contribution in [0.25, 0.3) is 0 Å². The number of benzene rings is 2. The average molecular weight is 273 g/mol. The van der Waals surface area contributed by atoms with Crippen LogP contribution in [0.5, 0.6) is 0 Å². The van der Waals surface area contributed by atoms with E-state index in [4.69, 9.17) is 10.6 Å². The highest BCUT2D eigenvalue weighted by atomic mass is 16.6. The number of anilines is 1. The van der Waals surface area contributed by atoms with Crippen molar-refractivity contribution in [2.24, 2.45) is 5.84 Å². The van der Waals surface area contributed by atoms with Gasteiger partial charge in [0.1, 0.15) is 5.69 Å². The summed E-state index contributed by atoms with van der Waals surface area (Å²) in [5.41, 5.74) is 4.44. The van der Waals surface area contributed by atoms with E-state index in [0.717, 1.165) is 11.1 Å². The first kappa shape index (κ1) is 14.0. The number of hydrogen-bond acceptors (Lipinski definition) is 5. The number of rotatable bonds is 6. The molecule has 2 rings (SSSR count). The summed E-state index contributed by atoms with van der Waals surface area (Å²) in [5, 5.41) is 10.8. The van der Waals surface area contributed by atoms with Crippen molar-refractivity contribution < 1.29 is 9.66 Å². The van der Waals surface area contributed by atoms with Gasteiger partial charge in [0.25, 0.3) is 5.69 Å². The van der Waals surface area contributed by atoms with Crippen LogP contribution in [0, 0.1) is 10.1 Å². The lowest BCUT2D eigenvalue weighted by molar-refractivity contribution is -0.384. The number of nitrogens with two attached hydrogens (primary N) is 1. The van der Waals surface area contributed by atoms with E-state index in [1.807, 2.05) is 30.3 Å². The van der Waals surface area contributed by atoms with Gasteiger partial charge in [0.2, 0.25) is 0 Å². The third-order valence-electron chi connectivity index (χ3n) is 2.79. The fraction of sp³-hybridized carbons (Fsp3) is 0.143. The third kappa shape index (κ3) is 3.53. The van der Waals surface area contributed by atoms with Crippen molar-refractivity contribution >= 4 is 11.4 Å². The van der Waals surface area contributed by atoms with Crippen molar-refractivity contribution in [3.05, 3.63) is 69.8 Å². The molecule has 0 amide bonds. The summed E-state index contributed by atoms with van der Waals surface area (Å²) in [4.78, 5) is 10.3. The van der Waals surface area contributed by atoms with E-state index in [1.165, 1.54) is 6.07 Å². The number of nitrogens with one attached hydrogen (secondary N) is 1. The van der Waals surface area contributed by atoms with Gasteiger partial charge in [0, 0.05) is 6.07 Å². The van der Waals surface area contributed by atoms with Gasteiger partial charge in [-0.25, -0.2) is 0 Å². The van der Waals surface area contributed by atoms with Gasteiger partial charge in [-0.2, -0.15) is 0 Å². The van der Waals surface area contributed by atoms with Crippen molar-refractivity contribution in [1.29, 1.82) is 0 Å². The second-order valence-electron chi connectivity index (χ2n) is 4.23. The Morgan fingerprint density at radius 1 is 1.10 bits per heavy atom. The summed E-state index contributed by atoms with van der Waals surface area (Å²) < 4.78 is 5.57. The minimum Gasteiger partial charge on any atom is -0.372 e. The minimum absolute atomic E-state index is 0.0562. The Labute approximate surface area is 116 Å². The van der Waals surface area contributed by atoms with E-state index in [0.29, 0.717) is 13.2 Å². The lowest BCUT2D eigenvalue weighted by atomic mass is 10.2. The van der Waals surface area contributed by atoms with Crippen LogP contribution in [0.2, 0.25) is 0 Å². The second kappa shape index (κ2) is 6.65. The number of ether oxygens (including phenoxy) is 1. The Morgan fingerprint density at radius 3 is 2.45 bits per heavy atom. The Balaban J connectivity index is 1.98. The van der Waals surface area contributed by atoms with Crippen LogP contribution in [-0.2, 0) is 18.0 Å². The van der Waals surface area contributed by atoms with E-state index in [1.54, 1.807) is 12.1 Å². The molecule has 0 radical (unpaired) electrons. The highest BCUT2D eigenvalue weighted by molar-refractivity contribution is 5.61. The molecule has 6 heteroatoms. The molecule has 0 bridgehead atoms. The van der Waals surface area contributed by atoms with E-state index in [-0.39, 0.29) is 11.4 Å². The quantitative estimate of drug-likeness (QED) is 0.479. The molecule has 0 atom stereocenters. The zero-order valence-electron chi connectivity index (χ0n) is 10.8. The molecule has 0 saturated carbocycles. The van der Waals surface area contributed by atoms with Gasteiger partial charge in [-0.15, -0.1) is 0 Å². The molecule has 0 saturated heterocycles. The SMILES string of the molecule is NNc1cc(COCc2ccccc2)ccc1[N+](=O)[O-]. The molecule has 104 valence electrons. The first-order chi connectivity index (χ1) is 9.70. The molecule has 20 heavy (non-hydrogen) atoms. The van der Waals surface area contributed by atoms with Crippen LogP contribution in [0.3, 0.4) is 0 Å². The topological polar surface area (TPSA) is 90.4 Å². The minimum atomic E-state index is -0.482. The molecule has 0 heterocycles. The molecular formula is C14H15N3O3. The highest BCUT2D eigenvalue weighted by Gasteiger charge is 2.12. The molecule has 0 aromatic heterocycles. The van der Waals surface area contributed by atoms with Gasteiger partial charge >= 0.3 is 0 Å². The van der Waals surface area contributed by atoms with Gasteiger partial charge in [0.15, 0.2) is 0 Å². The maximum Gasteiger partial charge on any atom is 0.293 e. The van der Waals surface area contributed by atoms with Crippen molar-refractivity contribution in [2.75, 3.05) is 5.43 Å². The summed E-state index contributed by atoms with van der Waals surface area (Å²) >= 11 is 0. The molecular weight excluding hydrogens is 258 g/mol. The summed E-state index contributed by atoms with van der Waals surface area (Å²) in [6.45, 7) is 0.852. The van der Waals surface area contributed by atoms with Gasteiger partial charge in [-0.05, 0) is 23.3 Å². The van der Waals surface area contributed by atoms with Crippen LogP contribution in [-0.4, -0.2) is 4.92 Å². The van der Waals surface area contributed by atoms with Crippen molar-refractivity contribution in [3.8, 4) is 0 Å². The number of hydrazine groups is 1. The zero-order chi connectivity index (χ0) is 14.4. The molecule has 3 N–H and O–H groups in total. The van der Waals surface area contributed by atoms with Crippen LogP contribution < -0.4 is 11.3 Å². The third-order valence-corrected chi connectivity index (χ3v) is 2.79. The Hall–Kier alpha value is -2.44. The Morgan fingerprint density at radius 2 is 1.80 bits per heavy atom. The first-order valence-electron chi connectivity index (χ1n) is 6.06. The highest BCUT2D eigenvalue weighted by Crippen LogP contribution is 2.24. The van der Waals surface area contributed by atoms with E-state index < -0.39 is 4.92 Å². The fourth-order valence-corrected chi connectivity index (χ4v) is 1.81. The van der Waals surface area contributed by atoms with E-state index in [2.05, 4.69) is 5.43 Å². The number of nitro groups is 1. The lowest BCUT2D eigenvalue weighted by Crippen LogP contribution is -2.09. The summed E-state index contributed by atoms with van der Waals surface area (Å²) in [6.07, 6.45) is 0. The predicted octanol–water partition coefficient (Wildman–Crippen LogP) is 2.60. The zero-order valence-corrected chi connectivity index (χ0v) is 10.8. The fourth-order valence-electron chi connectivity index (χ4n) is 1.81. The summed E-state index contributed by atoms with van der Waals surface area (Å²) in [5.74, 6) is 5.28. The van der Waals surface area contributed by atoms with Gasteiger partial charge in [-0.3, -0.25) is 16.0 Å². The van der Waals surface area contributed by atoms with E-state index >= 15 is 0 Å². The summed E-state index contributed by atoms with van der Waals surface area (Å²) in [7, 11) is 0. The van der Waals surface area contributed by atoms with Crippen LogP contribution >= 0.6 is 0 Å². The molecule has 0 fully saturated rings. The van der Waals surface area contributed by atoms with Crippen molar-refractivity contribution in [2.45, 2.75) is 13.2 Å². The van der Waals surface area contributed by atoms with Gasteiger partial charge in [-0.1, -0.05) is 30.3 Å². The molecule has 0 aliphatic heterocycles. The molecule has 2 aromatic rings. The molecule has 2 aromatic carbocycles. The maximum absolute atomic E-state index is 10.8. The van der Waals surface area contributed by atoms with Gasteiger partial charge in [0.05, 0.1) is 18.1 Å². The molecule has 0 aliphatic carbocycles. The largest absolute Gasteiger partial charge is 0.372 e. The Kier molecular flexibility index (Phi) is 4.65. The average Bonchev–Trinajstić information content (AvgIpc) is 2.48. The van der Waals surface area contributed by atoms with Crippen LogP contribution in [0.15, 0.2) is 48.5 Å². The monoisotopic (exact) mass is 273 g/mol. The van der Waals surface area contributed by atoms with Crippen LogP contribution in [0.4, 0.5) is 11.4 Å². The molecule has 0 unspecified atom stereocenters. The standard InChI is InChI=1S/C14H15N3O3/c15-16-13-8-12(6-7-14(13)17(18)19)10-20-9-11-4-2-1-3-5-11/h1-8,16H,9-10,15H2. The molecule has 6 nitrogen and oxygen atoms in total. The number of nitrogen functional groups attached to an aromatic ring is 1. The lowest BCUT2D eigenvalue weighted by Gasteiger charge is -2.07. The second-order valence-corrected chi connectivity index (χ2v) is 4.23. The van der Waals surface area contributed by atoms with Gasteiger partial charge < -0.3 is 10.2 Å². The van der Waals surface area contributed by atoms with E-state index in [9.17, 15) is 10.1 Å². The summed E-state index contributed by atoms with van der Waals surface area (Å²) in [6, 6.07) is 14.5. The normalized spacial score (nSPS) is 10.2. The maximum atomic E-state index is 10.8. The number of nitrogens with zero attached hydrogens (tertiary/aromatic N) is 1. The first-order valence-corrected chi connectivity index (χ1v) is 6.06. The predicted molar refractivity (Wildman–Crippen MR) is 75.8 cm³/mol.